The average Bonchev–Trinajstić information content (AvgIpc) is 2.95. The van der Waals surface area contributed by atoms with Crippen molar-refractivity contribution in [3.8, 4) is 17.3 Å². The summed E-state index contributed by atoms with van der Waals surface area (Å²) in [7, 11) is 0. The standard InChI is InChI=1S/C15H11N5O4/c21-13-7-6-11(20(23)24)8-12(13)17-18-14-15(22)19(9-16-14)10-4-2-1-3-5-10/h1-9,21-22H. The lowest BCUT2D eigenvalue weighted by atomic mass is 10.2. The fraction of sp³-hybridized carbons (Fsp3) is 0. The molecule has 0 saturated heterocycles. The van der Waals surface area contributed by atoms with E-state index in [0.29, 0.717) is 5.69 Å². The highest BCUT2D eigenvalue weighted by Gasteiger charge is 2.12. The van der Waals surface area contributed by atoms with Gasteiger partial charge in [0.1, 0.15) is 17.8 Å². The van der Waals surface area contributed by atoms with Gasteiger partial charge in [-0.15, -0.1) is 10.2 Å². The summed E-state index contributed by atoms with van der Waals surface area (Å²) < 4.78 is 1.40. The van der Waals surface area contributed by atoms with Crippen LogP contribution in [-0.2, 0) is 0 Å². The van der Waals surface area contributed by atoms with Crippen molar-refractivity contribution in [3.63, 3.8) is 0 Å². The van der Waals surface area contributed by atoms with Crippen LogP contribution < -0.4 is 0 Å². The first-order valence-electron chi connectivity index (χ1n) is 6.77. The minimum Gasteiger partial charge on any atom is -0.506 e. The zero-order valence-corrected chi connectivity index (χ0v) is 12.1. The van der Waals surface area contributed by atoms with E-state index in [0.717, 1.165) is 18.2 Å². The summed E-state index contributed by atoms with van der Waals surface area (Å²) in [6, 6.07) is 12.4. The first kappa shape index (κ1) is 15.2. The first-order valence-corrected chi connectivity index (χ1v) is 6.77. The molecular weight excluding hydrogens is 314 g/mol. The van der Waals surface area contributed by atoms with Crippen LogP contribution in [0.3, 0.4) is 0 Å². The maximum Gasteiger partial charge on any atom is 0.271 e. The number of aromatic nitrogens is 2. The molecule has 0 aliphatic rings. The lowest BCUT2D eigenvalue weighted by molar-refractivity contribution is -0.384. The Labute approximate surface area is 135 Å². The predicted molar refractivity (Wildman–Crippen MR) is 84.2 cm³/mol. The van der Waals surface area contributed by atoms with Crippen LogP contribution >= 0.6 is 0 Å². The van der Waals surface area contributed by atoms with Gasteiger partial charge in [-0.25, -0.2) is 4.98 Å². The highest BCUT2D eigenvalue weighted by Crippen LogP contribution is 2.33. The van der Waals surface area contributed by atoms with E-state index >= 15 is 0 Å². The molecule has 0 aliphatic heterocycles. The molecule has 1 heterocycles. The van der Waals surface area contributed by atoms with Crippen LogP contribution in [0, 0.1) is 10.1 Å². The Balaban J connectivity index is 1.92. The van der Waals surface area contributed by atoms with Crippen LogP contribution in [0.4, 0.5) is 17.2 Å². The molecule has 2 aromatic carbocycles. The molecule has 3 aromatic rings. The molecule has 0 saturated carbocycles. The zero-order valence-electron chi connectivity index (χ0n) is 12.1. The topological polar surface area (TPSA) is 126 Å². The van der Waals surface area contributed by atoms with Gasteiger partial charge in [0.25, 0.3) is 5.69 Å². The molecule has 0 fully saturated rings. The van der Waals surface area contributed by atoms with Crippen molar-refractivity contribution in [2.24, 2.45) is 10.2 Å². The van der Waals surface area contributed by atoms with E-state index in [1.807, 2.05) is 6.07 Å². The molecule has 0 aliphatic carbocycles. The molecule has 0 spiro atoms. The molecule has 0 unspecified atom stereocenters. The third-order valence-corrected chi connectivity index (χ3v) is 3.18. The number of hydrogen-bond acceptors (Lipinski definition) is 7. The summed E-state index contributed by atoms with van der Waals surface area (Å²) in [5.74, 6) is -0.592. The number of hydrogen-bond donors (Lipinski definition) is 2. The lowest BCUT2D eigenvalue weighted by Gasteiger charge is -2.02. The fourth-order valence-corrected chi connectivity index (χ4v) is 1.99. The van der Waals surface area contributed by atoms with Gasteiger partial charge in [0, 0.05) is 12.1 Å². The molecule has 9 nitrogen and oxygen atoms in total. The van der Waals surface area contributed by atoms with Crippen LogP contribution in [0.1, 0.15) is 0 Å². The zero-order chi connectivity index (χ0) is 17.1. The van der Waals surface area contributed by atoms with Crippen molar-refractivity contribution in [2.75, 3.05) is 0 Å². The number of azo groups is 1. The monoisotopic (exact) mass is 325 g/mol. The van der Waals surface area contributed by atoms with Gasteiger partial charge >= 0.3 is 0 Å². The first-order chi connectivity index (χ1) is 11.6. The Morgan fingerprint density at radius 1 is 1.08 bits per heavy atom. The second kappa shape index (κ2) is 6.16. The minimum atomic E-state index is -0.611. The summed E-state index contributed by atoms with van der Waals surface area (Å²) >= 11 is 0. The molecule has 0 amide bonds. The second-order valence-electron chi connectivity index (χ2n) is 4.73. The number of nitro groups is 1. The molecule has 9 heteroatoms. The summed E-state index contributed by atoms with van der Waals surface area (Å²) in [5.41, 5.74) is 0.348. The molecule has 0 radical (unpaired) electrons. The predicted octanol–water partition coefficient (Wildman–Crippen LogP) is 3.61. The number of nitrogens with zero attached hydrogens (tertiary/aromatic N) is 5. The summed E-state index contributed by atoms with van der Waals surface area (Å²) in [5, 5.41) is 38.0. The van der Waals surface area contributed by atoms with E-state index in [1.54, 1.807) is 24.3 Å². The molecule has 24 heavy (non-hydrogen) atoms. The normalized spacial score (nSPS) is 11.0. The van der Waals surface area contributed by atoms with Crippen molar-refractivity contribution < 1.29 is 15.1 Å². The molecule has 0 atom stereocenters. The highest BCUT2D eigenvalue weighted by atomic mass is 16.6. The van der Waals surface area contributed by atoms with Crippen LogP contribution in [0.25, 0.3) is 5.69 Å². The number of nitro benzene ring substituents is 1. The van der Waals surface area contributed by atoms with Crippen molar-refractivity contribution in [3.05, 3.63) is 65.0 Å². The minimum absolute atomic E-state index is 0.0789. The Kier molecular flexibility index (Phi) is 3.89. The van der Waals surface area contributed by atoms with Crippen LogP contribution in [0.15, 0.2) is 65.1 Å². The van der Waals surface area contributed by atoms with E-state index in [4.69, 9.17) is 0 Å². The summed E-state index contributed by atoms with van der Waals surface area (Å²) in [6.07, 6.45) is 1.37. The summed E-state index contributed by atoms with van der Waals surface area (Å²) in [6.45, 7) is 0. The third-order valence-electron chi connectivity index (χ3n) is 3.18. The van der Waals surface area contributed by atoms with Crippen LogP contribution in [0.5, 0.6) is 11.6 Å². The van der Waals surface area contributed by atoms with Crippen LogP contribution in [-0.4, -0.2) is 24.7 Å². The molecule has 1 aromatic heterocycles. The fourth-order valence-electron chi connectivity index (χ4n) is 1.99. The summed E-state index contributed by atoms with van der Waals surface area (Å²) in [4.78, 5) is 14.1. The van der Waals surface area contributed by atoms with E-state index in [1.165, 1.54) is 10.9 Å². The van der Waals surface area contributed by atoms with E-state index in [2.05, 4.69) is 15.2 Å². The Morgan fingerprint density at radius 3 is 2.54 bits per heavy atom. The number of non-ortho nitro benzene ring substituents is 1. The Morgan fingerprint density at radius 2 is 1.83 bits per heavy atom. The van der Waals surface area contributed by atoms with Crippen LogP contribution in [0.2, 0.25) is 0 Å². The van der Waals surface area contributed by atoms with Gasteiger partial charge in [-0.3, -0.25) is 14.7 Å². The smallest absolute Gasteiger partial charge is 0.271 e. The third kappa shape index (κ3) is 2.90. The van der Waals surface area contributed by atoms with Crippen molar-refractivity contribution >= 4 is 17.2 Å². The number of phenolic OH excluding ortho intramolecular Hbond substituents is 1. The van der Waals surface area contributed by atoms with Crippen molar-refractivity contribution in [1.82, 2.24) is 9.55 Å². The number of rotatable bonds is 4. The van der Waals surface area contributed by atoms with E-state index in [-0.39, 0.29) is 28.8 Å². The van der Waals surface area contributed by atoms with E-state index < -0.39 is 4.92 Å². The number of aromatic hydroxyl groups is 2. The van der Waals surface area contributed by atoms with Gasteiger partial charge in [-0.1, -0.05) is 18.2 Å². The van der Waals surface area contributed by atoms with Gasteiger partial charge < -0.3 is 10.2 Å². The Hall–Kier alpha value is -3.75. The van der Waals surface area contributed by atoms with E-state index in [9.17, 15) is 20.3 Å². The number of phenols is 1. The molecule has 2 N–H and O–H groups in total. The molecule has 3 rings (SSSR count). The van der Waals surface area contributed by atoms with Gasteiger partial charge in [0.05, 0.1) is 10.6 Å². The second-order valence-corrected chi connectivity index (χ2v) is 4.73. The van der Waals surface area contributed by atoms with Crippen molar-refractivity contribution in [2.45, 2.75) is 0 Å². The van der Waals surface area contributed by atoms with Crippen molar-refractivity contribution in [1.29, 1.82) is 0 Å². The van der Waals surface area contributed by atoms with Gasteiger partial charge in [0.15, 0.2) is 0 Å². The van der Waals surface area contributed by atoms with Gasteiger partial charge in [-0.05, 0) is 18.2 Å². The Bertz CT molecular complexity index is 921. The number of benzene rings is 2. The molecule has 0 bridgehead atoms. The van der Waals surface area contributed by atoms with Gasteiger partial charge in [0.2, 0.25) is 11.7 Å². The van der Waals surface area contributed by atoms with Gasteiger partial charge in [-0.2, -0.15) is 0 Å². The largest absolute Gasteiger partial charge is 0.506 e. The molecular formula is C15H11N5O4. The lowest BCUT2D eigenvalue weighted by Crippen LogP contribution is -1.89. The number of para-hydroxylation sites is 1. The number of imidazole rings is 1. The maximum absolute atomic E-state index is 10.7. The highest BCUT2D eigenvalue weighted by molar-refractivity contribution is 5.57. The SMILES string of the molecule is O=[N+]([O-])c1ccc(O)c(N=Nc2ncn(-c3ccccc3)c2O)c1. The molecule has 120 valence electrons. The maximum atomic E-state index is 10.7. The average molecular weight is 325 g/mol. The quantitative estimate of drug-likeness (QED) is 0.430.